The average Bonchev–Trinajstić information content (AvgIpc) is 2.93. The number of Topliss-reactive ketones (excluding diaryl/α,β-unsaturated/α-hetero) is 1. The van der Waals surface area contributed by atoms with Gasteiger partial charge >= 0.3 is 0 Å². The number of ether oxygens (including phenoxy) is 1. The van der Waals surface area contributed by atoms with Crippen LogP contribution >= 0.6 is 0 Å². The zero-order chi connectivity index (χ0) is 29.1. The van der Waals surface area contributed by atoms with E-state index in [0.717, 1.165) is 56.3 Å². The minimum Gasteiger partial charge on any atom is -0.511 e. The zero-order valence-corrected chi connectivity index (χ0v) is 26.1. The zero-order valence-electron chi connectivity index (χ0n) is 25.1. The van der Waals surface area contributed by atoms with Crippen molar-refractivity contribution < 1.29 is 28.7 Å². The smallest absolute Gasteiger partial charge is 0.284 e. The fraction of sp³-hybridized carbons (Fsp3) is 0.625. The molecule has 220 valence electrons. The van der Waals surface area contributed by atoms with Crippen LogP contribution in [0.4, 0.5) is 0 Å². The summed E-state index contributed by atoms with van der Waals surface area (Å²) in [6, 6.07) is 7.47. The van der Waals surface area contributed by atoms with Crippen LogP contribution in [0.5, 0.6) is 5.75 Å². The minimum atomic E-state index is -1.92. The topological polar surface area (TPSA) is 85.3 Å². The summed E-state index contributed by atoms with van der Waals surface area (Å²) in [6.45, 7) is 11.6. The third-order valence-electron chi connectivity index (χ3n) is 9.31. The Morgan fingerprint density at radius 1 is 1.00 bits per heavy atom. The van der Waals surface area contributed by atoms with E-state index in [1.54, 1.807) is 7.11 Å². The molecule has 40 heavy (non-hydrogen) atoms. The van der Waals surface area contributed by atoms with E-state index in [2.05, 4.69) is 46.0 Å². The number of nitrogens with zero attached hydrogens (tertiary/aromatic N) is 1. The number of hydrogen-bond acceptors (Lipinski definition) is 6. The normalized spacial score (nSPS) is 26.2. The van der Waals surface area contributed by atoms with Crippen LogP contribution < -0.4 is 4.74 Å². The lowest BCUT2D eigenvalue weighted by Gasteiger charge is -2.41. The van der Waals surface area contributed by atoms with Gasteiger partial charge in [0.15, 0.2) is 14.1 Å². The van der Waals surface area contributed by atoms with Crippen LogP contribution in [0.25, 0.3) is 0 Å². The van der Waals surface area contributed by atoms with Crippen molar-refractivity contribution in [2.24, 2.45) is 17.8 Å². The van der Waals surface area contributed by atoms with E-state index >= 15 is 0 Å². The number of rotatable bonds is 8. The van der Waals surface area contributed by atoms with Gasteiger partial charge in [0.2, 0.25) is 0 Å². The molecule has 0 aromatic heterocycles. The molecule has 1 aromatic rings. The number of hydrogen-bond donors (Lipinski definition) is 1. The van der Waals surface area contributed by atoms with E-state index in [1.807, 2.05) is 24.3 Å². The highest BCUT2D eigenvalue weighted by molar-refractivity contribution is 6.74. The molecule has 1 unspecified atom stereocenters. The Balaban J connectivity index is 1.55. The first-order valence-corrected chi connectivity index (χ1v) is 17.7. The molecule has 7 nitrogen and oxygen atoms in total. The highest BCUT2D eigenvalue weighted by Crippen LogP contribution is 2.40. The molecule has 1 heterocycles. The maximum Gasteiger partial charge on any atom is 0.284 e. The lowest BCUT2D eigenvalue weighted by molar-refractivity contribution is -0.197. The Morgan fingerprint density at radius 3 is 2.25 bits per heavy atom. The fourth-order valence-corrected chi connectivity index (χ4v) is 7.00. The number of piperidine rings is 1. The molecule has 0 radical (unpaired) electrons. The quantitative estimate of drug-likeness (QED) is 0.120. The first-order valence-electron chi connectivity index (χ1n) is 14.8. The third kappa shape index (κ3) is 6.89. The largest absolute Gasteiger partial charge is 0.511 e. The van der Waals surface area contributed by atoms with Gasteiger partial charge in [-0.05, 0) is 67.4 Å². The molecule has 8 heteroatoms. The summed E-state index contributed by atoms with van der Waals surface area (Å²) in [5, 5.41) is 12.7. The van der Waals surface area contributed by atoms with E-state index in [0.29, 0.717) is 0 Å². The van der Waals surface area contributed by atoms with Gasteiger partial charge in [-0.25, -0.2) is 5.06 Å². The molecule has 1 saturated heterocycles. The van der Waals surface area contributed by atoms with Crippen LogP contribution in [0.2, 0.25) is 18.1 Å². The van der Waals surface area contributed by atoms with Crippen LogP contribution in [0.1, 0.15) is 71.3 Å². The summed E-state index contributed by atoms with van der Waals surface area (Å²) >= 11 is 0. The molecule has 0 spiro atoms. The second kappa shape index (κ2) is 12.6. The fourth-order valence-electron chi connectivity index (χ4n) is 5.70. The van der Waals surface area contributed by atoms with Gasteiger partial charge in [-0.2, -0.15) is 0 Å². The van der Waals surface area contributed by atoms with E-state index in [1.165, 1.54) is 5.06 Å². The number of carbonyl (C=O) groups excluding carboxylic acids is 2. The van der Waals surface area contributed by atoms with Crippen molar-refractivity contribution in [2.75, 3.05) is 13.7 Å². The highest BCUT2D eigenvalue weighted by Gasteiger charge is 2.45. The number of allylic oxidation sites excluding steroid dienone is 2. The molecule has 2 fully saturated rings. The summed E-state index contributed by atoms with van der Waals surface area (Å²) in [5.74, 6) is -0.765. The summed E-state index contributed by atoms with van der Waals surface area (Å²) in [6.07, 6.45) is 10.5. The molecular weight excluding hydrogens is 522 g/mol. The second-order valence-electron chi connectivity index (χ2n) is 13.1. The van der Waals surface area contributed by atoms with E-state index in [9.17, 15) is 14.7 Å². The Kier molecular flexibility index (Phi) is 9.63. The maximum absolute atomic E-state index is 13.9. The lowest BCUT2D eigenvalue weighted by atomic mass is 9.76. The highest BCUT2D eigenvalue weighted by atomic mass is 28.4. The van der Waals surface area contributed by atoms with E-state index < -0.39 is 20.1 Å². The predicted octanol–water partition coefficient (Wildman–Crippen LogP) is 6.90. The molecule has 1 aromatic carbocycles. The number of hydroxylamine groups is 2. The van der Waals surface area contributed by atoms with Crippen molar-refractivity contribution in [3.05, 3.63) is 53.3 Å². The number of benzene rings is 1. The third-order valence-corrected chi connectivity index (χ3v) is 13.8. The van der Waals surface area contributed by atoms with Gasteiger partial charge in [-0.3, -0.25) is 14.4 Å². The summed E-state index contributed by atoms with van der Waals surface area (Å²) in [5.41, 5.74) is 0.804. The van der Waals surface area contributed by atoms with Gasteiger partial charge in [0.1, 0.15) is 23.7 Å². The number of ketones is 1. The Hall–Kier alpha value is -2.42. The number of aliphatic hydroxyl groups excluding tert-OH is 1. The van der Waals surface area contributed by atoms with Crippen LogP contribution in [-0.2, 0) is 25.5 Å². The molecule has 3 aliphatic rings. The Labute approximate surface area is 240 Å². The summed E-state index contributed by atoms with van der Waals surface area (Å²) < 4.78 is 11.8. The number of aliphatic hydroxyl groups is 1. The summed E-state index contributed by atoms with van der Waals surface area (Å²) in [7, 11) is -0.307. The van der Waals surface area contributed by atoms with Crippen LogP contribution in [0.15, 0.2) is 47.7 Å². The molecule has 3 atom stereocenters. The van der Waals surface area contributed by atoms with Crippen molar-refractivity contribution in [2.45, 2.75) is 96.6 Å². The van der Waals surface area contributed by atoms with Crippen molar-refractivity contribution in [1.29, 1.82) is 0 Å². The van der Waals surface area contributed by atoms with Gasteiger partial charge < -0.3 is 14.3 Å². The Morgan fingerprint density at radius 2 is 1.68 bits per heavy atom. The minimum absolute atomic E-state index is 0.0329. The van der Waals surface area contributed by atoms with E-state index in [4.69, 9.17) is 14.0 Å². The van der Waals surface area contributed by atoms with Crippen molar-refractivity contribution in [1.82, 2.24) is 5.06 Å². The van der Waals surface area contributed by atoms with Gasteiger partial charge in [-0.15, -0.1) is 0 Å². The number of methoxy groups -OCH3 is 1. The van der Waals surface area contributed by atoms with Crippen molar-refractivity contribution in [3.63, 3.8) is 0 Å². The average molecular weight is 570 g/mol. The lowest BCUT2D eigenvalue weighted by Crippen LogP contribution is -2.50. The maximum atomic E-state index is 13.9. The first-order chi connectivity index (χ1) is 18.9. The monoisotopic (exact) mass is 569 g/mol. The van der Waals surface area contributed by atoms with Gasteiger partial charge in [0, 0.05) is 11.8 Å². The van der Waals surface area contributed by atoms with Gasteiger partial charge in [-0.1, -0.05) is 64.3 Å². The number of amides is 1. The molecule has 2 aliphatic carbocycles. The SMILES string of the molecule is COc1ccc(CON2CC([C@H]3C=C[C@H](O[Si](C)(C)C(C)(C)C)CC3)C(=O)/C(=C(/O)C3CCCCC3)C2=O)cc1. The Bertz CT molecular complexity index is 1110. The standard InChI is InChI=1S/C32H47NO6Si/c1-32(2,3)40(5,6)39-26-18-14-23(15-19-26)27-20-33(38-21-22-12-16-25(37-4)17-13-22)31(36)28(30(27)35)29(34)24-10-8-7-9-11-24/h12-14,16-18,23-24,26-27,34H,7-11,15,19-21H2,1-6H3/b29-28-/t23-,26-,27?/m0/s1. The molecule has 0 bridgehead atoms. The van der Waals surface area contributed by atoms with Gasteiger partial charge in [0.25, 0.3) is 5.91 Å². The first kappa shape index (κ1) is 30.5. The van der Waals surface area contributed by atoms with E-state index in [-0.39, 0.29) is 53.2 Å². The van der Waals surface area contributed by atoms with Crippen LogP contribution in [0.3, 0.4) is 0 Å². The molecule has 1 N–H and O–H groups in total. The van der Waals surface area contributed by atoms with Crippen LogP contribution in [0, 0.1) is 17.8 Å². The molecule has 4 rings (SSSR count). The van der Waals surface area contributed by atoms with Crippen molar-refractivity contribution >= 4 is 20.0 Å². The molecule has 1 amide bonds. The summed E-state index contributed by atoms with van der Waals surface area (Å²) in [4.78, 5) is 33.5. The van der Waals surface area contributed by atoms with Crippen LogP contribution in [-0.4, -0.2) is 49.9 Å². The molecule has 1 saturated carbocycles. The second-order valence-corrected chi connectivity index (χ2v) is 17.9. The molecule has 1 aliphatic heterocycles. The predicted molar refractivity (Wildman–Crippen MR) is 158 cm³/mol. The molecular formula is C32H47NO6Si. The van der Waals surface area contributed by atoms with Gasteiger partial charge in [0.05, 0.1) is 19.8 Å². The number of carbonyl (C=O) groups is 2. The van der Waals surface area contributed by atoms with Crippen molar-refractivity contribution in [3.8, 4) is 5.75 Å².